The van der Waals surface area contributed by atoms with Gasteiger partial charge in [-0.3, -0.25) is 4.79 Å². The van der Waals surface area contributed by atoms with Gasteiger partial charge < -0.3 is 23.5 Å². The van der Waals surface area contributed by atoms with E-state index in [2.05, 4.69) is 15.1 Å². The minimum absolute atomic E-state index is 0.00701. The van der Waals surface area contributed by atoms with E-state index in [1.165, 1.54) is 0 Å². The van der Waals surface area contributed by atoms with Crippen molar-refractivity contribution in [2.24, 2.45) is 7.05 Å². The molecule has 4 heterocycles. The molecule has 0 saturated carbocycles. The first-order chi connectivity index (χ1) is 13.7. The van der Waals surface area contributed by atoms with Crippen LogP contribution in [0.1, 0.15) is 53.8 Å². The lowest BCUT2D eigenvalue weighted by molar-refractivity contribution is 0.00220. The number of imidazole rings is 1. The van der Waals surface area contributed by atoms with Gasteiger partial charge in [-0.25, -0.2) is 4.98 Å². The summed E-state index contributed by atoms with van der Waals surface area (Å²) >= 11 is 0. The van der Waals surface area contributed by atoms with Crippen molar-refractivity contribution in [2.45, 2.75) is 44.1 Å². The van der Waals surface area contributed by atoms with Crippen LogP contribution in [-0.2, 0) is 22.9 Å². The van der Waals surface area contributed by atoms with Crippen LogP contribution in [0.25, 0.3) is 0 Å². The number of hydrogen-bond acceptors (Lipinski definition) is 7. The van der Waals surface area contributed by atoms with Crippen molar-refractivity contribution in [1.29, 1.82) is 0 Å². The molecule has 1 atom stereocenters. The summed E-state index contributed by atoms with van der Waals surface area (Å²) in [6.45, 7) is 3.38. The molecule has 0 spiro atoms. The molecule has 1 unspecified atom stereocenters. The van der Waals surface area contributed by atoms with Gasteiger partial charge in [-0.15, -0.1) is 0 Å². The van der Waals surface area contributed by atoms with E-state index in [9.17, 15) is 4.79 Å². The molecule has 0 bridgehead atoms. The van der Waals surface area contributed by atoms with Gasteiger partial charge >= 0.3 is 0 Å². The van der Waals surface area contributed by atoms with Crippen molar-refractivity contribution in [1.82, 2.24) is 24.6 Å². The summed E-state index contributed by atoms with van der Waals surface area (Å²) in [5.74, 6) is 1.71. The second-order valence-electron chi connectivity index (χ2n) is 7.46. The van der Waals surface area contributed by atoms with Crippen LogP contribution in [0.3, 0.4) is 0 Å². The maximum atomic E-state index is 12.6. The van der Waals surface area contributed by atoms with Crippen molar-refractivity contribution >= 4 is 5.91 Å². The molecular weight excluding hydrogens is 362 g/mol. The Morgan fingerprint density at radius 3 is 2.96 bits per heavy atom. The van der Waals surface area contributed by atoms with E-state index in [1.54, 1.807) is 17.1 Å². The van der Waals surface area contributed by atoms with E-state index in [0.29, 0.717) is 42.9 Å². The highest BCUT2D eigenvalue weighted by molar-refractivity contribution is 5.92. The van der Waals surface area contributed by atoms with Crippen molar-refractivity contribution in [3.8, 4) is 0 Å². The minimum Gasteiger partial charge on any atom is -0.381 e. The summed E-state index contributed by atoms with van der Waals surface area (Å²) in [5.41, 5.74) is 0.605. The monoisotopic (exact) mass is 389 g/mol. The van der Waals surface area contributed by atoms with Crippen LogP contribution >= 0.6 is 0 Å². The average molecular weight is 389 g/mol. The Morgan fingerprint density at radius 2 is 2.18 bits per heavy atom. The first-order valence-corrected chi connectivity index (χ1v) is 9.98. The maximum Gasteiger partial charge on any atom is 0.272 e. The predicted molar refractivity (Wildman–Crippen MR) is 98.9 cm³/mol. The Hall–Kier alpha value is -2.26. The highest BCUT2D eigenvalue weighted by Crippen LogP contribution is 2.25. The largest absolute Gasteiger partial charge is 0.381 e. The van der Waals surface area contributed by atoms with E-state index >= 15 is 0 Å². The number of ether oxygens (including phenoxy) is 2. The third-order valence-electron chi connectivity index (χ3n) is 5.43. The molecule has 152 valence electrons. The van der Waals surface area contributed by atoms with Gasteiger partial charge in [-0.1, -0.05) is 5.16 Å². The number of hydrogen-bond donors (Lipinski definition) is 0. The molecule has 0 N–H and O–H groups in total. The molecule has 9 nitrogen and oxygen atoms in total. The first kappa shape index (κ1) is 19.1. The zero-order valence-electron chi connectivity index (χ0n) is 16.2. The van der Waals surface area contributed by atoms with E-state index in [-0.39, 0.29) is 12.0 Å². The number of amides is 1. The fraction of sp³-hybridized carbons (Fsp3) is 0.684. The van der Waals surface area contributed by atoms with E-state index in [4.69, 9.17) is 14.0 Å². The average Bonchev–Trinajstić information content (AvgIpc) is 3.37. The molecule has 2 aliphatic heterocycles. The number of likely N-dealkylation sites (tertiary alicyclic amines) is 1. The molecular formula is C19H27N5O4. The number of aryl methyl sites for hydroxylation is 1. The Balaban J connectivity index is 1.24. The lowest BCUT2D eigenvalue weighted by Crippen LogP contribution is -2.43. The van der Waals surface area contributed by atoms with Crippen molar-refractivity contribution in [3.05, 3.63) is 29.9 Å². The highest BCUT2D eigenvalue weighted by Gasteiger charge is 2.27. The number of nitrogens with zero attached hydrogens (tertiary/aromatic N) is 5. The third-order valence-corrected chi connectivity index (χ3v) is 5.43. The first-order valence-electron chi connectivity index (χ1n) is 9.98. The molecule has 2 aromatic heterocycles. The van der Waals surface area contributed by atoms with Gasteiger partial charge in [0.25, 0.3) is 5.91 Å². The van der Waals surface area contributed by atoms with E-state index < -0.39 is 0 Å². The number of aromatic nitrogens is 4. The summed E-state index contributed by atoms with van der Waals surface area (Å²) in [5, 5.41) is 4.08. The normalized spacial score (nSPS) is 21.2. The van der Waals surface area contributed by atoms with Crippen molar-refractivity contribution in [3.63, 3.8) is 0 Å². The van der Waals surface area contributed by atoms with Crippen LogP contribution in [0.2, 0.25) is 0 Å². The molecule has 2 aliphatic rings. The molecule has 0 radical (unpaired) electrons. The Bertz CT molecular complexity index is 783. The molecule has 2 saturated heterocycles. The van der Waals surface area contributed by atoms with Gasteiger partial charge in [-0.05, 0) is 25.7 Å². The zero-order valence-corrected chi connectivity index (χ0v) is 16.2. The van der Waals surface area contributed by atoms with Crippen LogP contribution in [0, 0.1) is 0 Å². The summed E-state index contributed by atoms with van der Waals surface area (Å²) in [4.78, 5) is 23.0. The maximum absolute atomic E-state index is 12.6. The SMILES string of the molecule is Cn1cncc1C(=O)N1CCCC(OCCc2noc(C3CCOCC3)n2)C1. The zero-order chi connectivity index (χ0) is 19.3. The molecule has 1 amide bonds. The van der Waals surface area contributed by atoms with Gasteiger partial charge in [0.15, 0.2) is 5.82 Å². The Kier molecular flexibility index (Phi) is 6.01. The molecule has 0 aliphatic carbocycles. The summed E-state index contributed by atoms with van der Waals surface area (Å²) < 4.78 is 18.5. The summed E-state index contributed by atoms with van der Waals surface area (Å²) in [6.07, 6.45) is 7.65. The third kappa shape index (κ3) is 4.41. The van der Waals surface area contributed by atoms with Crippen LogP contribution in [-0.4, -0.2) is 69.5 Å². The summed E-state index contributed by atoms with van der Waals surface area (Å²) in [6, 6.07) is 0. The van der Waals surface area contributed by atoms with Crippen LogP contribution in [0.4, 0.5) is 0 Å². The summed E-state index contributed by atoms with van der Waals surface area (Å²) in [7, 11) is 1.83. The second-order valence-corrected chi connectivity index (χ2v) is 7.46. The van der Waals surface area contributed by atoms with Gasteiger partial charge in [0, 0.05) is 45.7 Å². The molecule has 0 aromatic carbocycles. The fourth-order valence-corrected chi connectivity index (χ4v) is 3.78. The van der Waals surface area contributed by atoms with Gasteiger partial charge in [0.2, 0.25) is 5.89 Å². The van der Waals surface area contributed by atoms with Gasteiger partial charge in [0.05, 0.1) is 25.2 Å². The number of carbonyl (C=O) groups excluding carboxylic acids is 1. The van der Waals surface area contributed by atoms with Crippen molar-refractivity contribution < 1.29 is 18.8 Å². The van der Waals surface area contributed by atoms with Crippen molar-refractivity contribution in [2.75, 3.05) is 32.9 Å². The van der Waals surface area contributed by atoms with Gasteiger partial charge in [-0.2, -0.15) is 4.98 Å². The van der Waals surface area contributed by atoms with Gasteiger partial charge in [0.1, 0.15) is 5.69 Å². The number of piperidine rings is 1. The fourth-order valence-electron chi connectivity index (χ4n) is 3.78. The number of rotatable bonds is 6. The second kappa shape index (κ2) is 8.83. The topological polar surface area (TPSA) is 95.5 Å². The lowest BCUT2D eigenvalue weighted by atomic mass is 10.0. The van der Waals surface area contributed by atoms with Crippen LogP contribution in [0.15, 0.2) is 17.0 Å². The predicted octanol–water partition coefficient (Wildman–Crippen LogP) is 1.56. The minimum atomic E-state index is 0.00701. The van der Waals surface area contributed by atoms with Crippen LogP contribution < -0.4 is 0 Å². The molecule has 2 fully saturated rings. The van der Waals surface area contributed by atoms with E-state index in [1.807, 2.05) is 11.9 Å². The Morgan fingerprint density at radius 1 is 1.32 bits per heavy atom. The standard InChI is InChI=1S/C19H27N5O4/c1-23-13-20-11-16(23)19(25)24-7-2-3-15(12-24)27-10-6-17-21-18(28-22-17)14-4-8-26-9-5-14/h11,13-15H,2-10,12H2,1H3. The molecule has 4 rings (SSSR count). The number of carbonyl (C=O) groups is 1. The molecule has 9 heteroatoms. The van der Waals surface area contributed by atoms with E-state index in [0.717, 1.165) is 45.4 Å². The smallest absolute Gasteiger partial charge is 0.272 e. The molecule has 28 heavy (non-hydrogen) atoms. The lowest BCUT2D eigenvalue weighted by Gasteiger charge is -2.32. The Labute approximate surface area is 164 Å². The highest BCUT2D eigenvalue weighted by atomic mass is 16.5. The molecule has 2 aromatic rings. The quantitative estimate of drug-likeness (QED) is 0.740. The van der Waals surface area contributed by atoms with Crippen LogP contribution in [0.5, 0.6) is 0 Å².